The molecule has 1 fully saturated rings. The number of urea groups is 1. The third-order valence-corrected chi connectivity index (χ3v) is 3.96. The molecule has 1 atom stereocenters. The lowest BCUT2D eigenvalue weighted by Crippen LogP contribution is -2.51. The van der Waals surface area contributed by atoms with Crippen molar-refractivity contribution < 1.29 is 9.59 Å². The molecule has 0 saturated heterocycles. The van der Waals surface area contributed by atoms with E-state index in [9.17, 15) is 9.59 Å². The van der Waals surface area contributed by atoms with Gasteiger partial charge in [0.2, 0.25) is 5.91 Å². The van der Waals surface area contributed by atoms with Crippen molar-refractivity contribution in [1.29, 1.82) is 0 Å². The second kappa shape index (κ2) is 8.22. The van der Waals surface area contributed by atoms with Crippen LogP contribution in [0.4, 0.5) is 4.79 Å². The van der Waals surface area contributed by atoms with Crippen molar-refractivity contribution in [3.8, 4) is 0 Å². The highest BCUT2D eigenvalue weighted by Gasteiger charge is 2.24. The molecule has 0 aromatic carbocycles. The number of carbonyl (C=O) groups is 2. The maximum absolute atomic E-state index is 11.9. The summed E-state index contributed by atoms with van der Waals surface area (Å²) in [7, 11) is 7.57. The smallest absolute Gasteiger partial charge is 0.315 e. The molecule has 0 aliphatic heterocycles. The highest BCUT2D eigenvalue weighted by Crippen LogP contribution is 2.24. The molecule has 0 bridgehead atoms. The standard InChI is InChI=1S/C15H30N4O2/c1-11(14(20)19(4)5)16-15(21)17-13-8-6-12(7-9-13)10-18(2)3/h11-13H,6-10H2,1-5H3,(H2,16,17,21)/t11-,12?,13?/m0/s1. The number of hydrogen-bond donors (Lipinski definition) is 2. The topological polar surface area (TPSA) is 64.7 Å². The SMILES string of the molecule is C[C@H](NC(=O)NC1CCC(CN(C)C)CC1)C(=O)N(C)C. The number of likely N-dealkylation sites (N-methyl/N-ethyl adjacent to an activating group) is 1. The number of nitrogens with one attached hydrogen (secondary N) is 2. The van der Waals surface area contributed by atoms with Crippen LogP contribution in [-0.4, -0.2) is 68.6 Å². The maximum Gasteiger partial charge on any atom is 0.315 e. The predicted molar refractivity (Wildman–Crippen MR) is 84.1 cm³/mol. The van der Waals surface area contributed by atoms with E-state index in [0.29, 0.717) is 0 Å². The van der Waals surface area contributed by atoms with Crippen molar-refractivity contribution in [1.82, 2.24) is 20.4 Å². The zero-order valence-corrected chi connectivity index (χ0v) is 14.0. The molecule has 0 aromatic heterocycles. The van der Waals surface area contributed by atoms with Gasteiger partial charge in [0.05, 0.1) is 0 Å². The van der Waals surface area contributed by atoms with E-state index in [-0.39, 0.29) is 18.0 Å². The molecular formula is C15H30N4O2. The molecule has 122 valence electrons. The summed E-state index contributed by atoms with van der Waals surface area (Å²) in [5.74, 6) is 0.634. The van der Waals surface area contributed by atoms with Crippen molar-refractivity contribution in [2.24, 2.45) is 5.92 Å². The Kier molecular flexibility index (Phi) is 6.95. The highest BCUT2D eigenvalue weighted by molar-refractivity contribution is 5.86. The third-order valence-electron chi connectivity index (χ3n) is 3.96. The lowest BCUT2D eigenvalue weighted by molar-refractivity contribution is -0.130. The van der Waals surface area contributed by atoms with Crippen LogP contribution >= 0.6 is 0 Å². The van der Waals surface area contributed by atoms with Crippen LogP contribution in [0.2, 0.25) is 0 Å². The maximum atomic E-state index is 11.9. The van der Waals surface area contributed by atoms with Crippen LogP contribution in [-0.2, 0) is 4.79 Å². The second-order valence-electron chi connectivity index (χ2n) is 6.55. The zero-order chi connectivity index (χ0) is 16.0. The highest BCUT2D eigenvalue weighted by atomic mass is 16.2. The Bertz CT molecular complexity index is 350. The average Bonchev–Trinajstić information content (AvgIpc) is 2.39. The van der Waals surface area contributed by atoms with Gasteiger partial charge in [0.15, 0.2) is 0 Å². The van der Waals surface area contributed by atoms with Crippen molar-refractivity contribution >= 4 is 11.9 Å². The number of carbonyl (C=O) groups excluding carboxylic acids is 2. The van der Waals surface area contributed by atoms with E-state index in [1.165, 1.54) is 4.90 Å². The second-order valence-corrected chi connectivity index (χ2v) is 6.55. The van der Waals surface area contributed by atoms with Gasteiger partial charge < -0.3 is 20.4 Å². The zero-order valence-electron chi connectivity index (χ0n) is 14.0. The number of amides is 3. The van der Waals surface area contributed by atoms with Gasteiger partial charge in [-0.15, -0.1) is 0 Å². The van der Waals surface area contributed by atoms with Gasteiger partial charge >= 0.3 is 6.03 Å². The monoisotopic (exact) mass is 298 g/mol. The minimum absolute atomic E-state index is 0.0974. The Hall–Kier alpha value is -1.30. The molecule has 1 aliphatic rings. The Balaban J connectivity index is 2.29. The number of nitrogens with zero attached hydrogens (tertiary/aromatic N) is 2. The van der Waals surface area contributed by atoms with Crippen molar-refractivity contribution in [2.45, 2.75) is 44.7 Å². The van der Waals surface area contributed by atoms with Crippen molar-refractivity contribution in [3.05, 3.63) is 0 Å². The quantitative estimate of drug-likeness (QED) is 0.792. The first-order valence-electron chi connectivity index (χ1n) is 7.72. The first-order chi connectivity index (χ1) is 9.79. The van der Waals surface area contributed by atoms with Crippen LogP contribution in [0.1, 0.15) is 32.6 Å². The van der Waals surface area contributed by atoms with Crippen LogP contribution in [0, 0.1) is 5.92 Å². The molecular weight excluding hydrogens is 268 g/mol. The fraction of sp³-hybridized carbons (Fsp3) is 0.867. The lowest BCUT2D eigenvalue weighted by atomic mass is 9.86. The summed E-state index contributed by atoms with van der Waals surface area (Å²) in [6.07, 6.45) is 4.33. The van der Waals surface area contributed by atoms with Gasteiger partial charge in [0.25, 0.3) is 0 Å². The molecule has 0 spiro atoms. The number of hydrogen-bond acceptors (Lipinski definition) is 3. The summed E-state index contributed by atoms with van der Waals surface area (Å²) in [4.78, 5) is 27.3. The van der Waals surface area contributed by atoms with Crippen molar-refractivity contribution in [3.63, 3.8) is 0 Å². The molecule has 0 heterocycles. The molecule has 1 saturated carbocycles. The van der Waals surface area contributed by atoms with Gasteiger partial charge in [0, 0.05) is 26.7 Å². The lowest BCUT2D eigenvalue weighted by Gasteiger charge is -2.31. The van der Waals surface area contributed by atoms with Crippen LogP contribution in [0.3, 0.4) is 0 Å². The van der Waals surface area contributed by atoms with Gasteiger partial charge in [-0.3, -0.25) is 4.79 Å². The fourth-order valence-electron chi connectivity index (χ4n) is 2.88. The molecule has 3 amide bonds. The van der Waals surface area contributed by atoms with E-state index < -0.39 is 6.04 Å². The minimum atomic E-state index is -0.495. The van der Waals surface area contributed by atoms with Crippen LogP contribution in [0.25, 0.3) is 0 Å². The van der Waals surface area contributed by atoms with E-state index in [0.717, 1.165) is 38.1 Å². The largest absolute Gasteiger partial charge is 0.347 e. The normalized spacial score (nSPS) is 23.5. The Morgan fingerprint density at radius 2 is 1.67 bits per heavy atom. The molecule has 1 rings (SSSR count). The first kappa shape index (κ1) is 17.8. The van der Waals surface area contributed by atoms with E-state index in [4.69, 9.17) is 0 Å². The molecule has 0 unspecified atom stereocenters. The summed E-state index contributed by atoms with van der Waals surface area (Å²) < 4.78 is 0. The Labute approximate surface area is 128 Å². The van der Waals surface area contributed by atoms with E-state index >= 15 is 0 Å². The van der Waals surface area contributed by atoms with Crippen molar-refractivity contribution in [2.75, 3.05) is 34.7 Å². The molecule has 0 radical (unpaired) electrons. The molecule has 0 aromatic rings. The van der Waals surface area contributed by atoms with Crippen LogP contribution in [0.15, 0.2) is 0 Å². The van der Waals surface area contributed by atoms with E-state index in [2.05, 4.69) is 29.6 Å². The fourth-order valence-corrected chi connectivity index (χ4v) is 2.88. The van der Waals surface area contributed by atoms with E-state index in [1.54, 1.807) is 21.0 Å². The molecule has 2 N–H and O–H groups in total. The van der Waals surface area contributed by atoms with Crippen LogP contribution in [0.5, 0.6) is 0 Å². The molecule has 6 heteroatoms. The molecule has 1 aliphatic carbocycles. The van der Waals surface area contributed by atoms with Crippen LogP contribution < -0.4 is 10.6 Å². The Morgan fingerprint density at radius 1 is 1.10 bits per heavy atom. The summed E-state index contributed by atoms with van der Waals surface area (Å²) in [6.45, 7) is 2.82. The molecule has 21 heavy (non-hydrogen) atoms. The predicted octanol–water partition coefficient (Wildman–Crippen LogP) is 0.883. The summed E-state index contributed by atoms with van der Waals surface area (Å²) >= 11 is 0. The van der Waals surface area contributed by atoms with Gasteiger partial charge in [-0.2, -0.15) is 0 Å². The summed E-state index contributed by atoms with van der Waals surface area (Å²) in [5, 5.41) is 5.69. The van der Waals surface area contributed by atoms with E-state index in [1.807, 2.05) is 0 Å². The minimum Gasteiger partial charge on any atom is -0.347 e. The summed E-state index contributed by atoms with van der Waals surface area (Å²) in [5.41, 5.74) is 0. The average molecular weight is 298 g/mol. The summed E-state index contributed by atoms with van der Waals surface area (Å²) in [6, 6.07) is -0.510. The molecule has 6 nitrogen and oxygen atoms in total. The van der Waals surface area contributed by atoms with Gasteiger partial charge in [-0.1, -0.05) is 0 Å². The number of rotatable bonds is 5. The Morgan fingerprint density at radius 3 is 2.14 bits per heavy atom. The third kappa shape index (κ3) is 6.33. The van der Waals surface area contributed by atoms with Gasteiger partial charge in [-0.25, -0.2) is 4.79 Å². The van der Waals surface area contributed by atoms with Gasteiger partial charge in [-0.05, 0) is 52.6 Å². The van der Waals surface area contributed by atoms with Gasteiger partial charge in [0.1, 0.15) is 6.04 Å². The first-order valence-corrected chi connectivity index (χ1v) is 7.72.